The molecular weight excluding hydrogens is 448 g/mol. The number of carbonyl (C=O) groups is 3. The third-order valence-corrected chi connectivity index (χ3v) is 7.73. The van der Waals surface area contributed by atoms with Crippen molar-refractivity contribution in [3.63, 3.8) is 0 Å². The second-order valence-corrected chi connectivity index (χ2v) is 9.90. The Labute approximate surface area is 204 Å². The summed E-state index contributed by atoms with van der Waals surface area (Å²) >= 11 is 0. The molecular formula is C28H30O7. The maximum atomic E-state index is 12.0. The largest absolute Gasteiger partial charge is 0.482 e. The fraction of sp³-hybridized carbons (Fsp3) is 0.464. The van der Waals surface area contributed by atoms with Gasteiger partial charge in [-0.1, -0.05) is 18.9 Å². The van der Waals surface area contributed by atoms with E-state index >= 15 is 0 Å². The fourth-order valence-corrected chi connectivity index (χ4v) is 6.75. The number of hydrogen-bond donors (Lipinski definition) is 0. The van der Waals surface area contributed by atoms with E-state index in [0.29, 0.717) is 23.0 Å². The molecule has 0 bridgehead atoms. The van der Waals surface area contributed by atoms with Gasteiger partial charge in [0.15, 0.2) is 0 Å². The maximum Gasteiger partial charge on any atom is 0.308 e. The van der Waals surface area contributed by atoms with E-state index in [4.69, 9.17) is 18.9 Å². The van der Waals surface area contributed by atoms with Crippen molar-refractivity contribution in [1.82, 2.24) is 0 Å². The normalized spacial score (nSPS) is 23.7. The van der Waals surface area contributed by atoms with Gasteiger partial charge in [0.25, 0.3) is 0 Å². The summed E-state index contributed by atoms with van der Waals surface area (Å²) < 4.78 is 23.2. The molecule has 0 aromatic heterocycles. The Morgan fingerprint density at radius 3 is 2.00 bits per heavy atom. The number of rotatable bonds is 4. The van der Waals surface area contributed by atoms with E-state index in [1.165, 1.54) is 26.3 Å². The molecule has 0 amide bonds. The van der Waals surface area contributed by atoms with Crippen LogP contribution in [0.15, 0.2) is 36.4 Å². The second-order valence-electron chi connectivity index (χ2n) is 9.90. The van der Waals surface area contributed by atoms with Crippen molar-refractivity contribution in [1.29, 1.82) is 0 Å². The van der Waals surface area contributed by atoms with Gasteiger partial charge in [-0.05, 0) is 50.3 Å². The summed E-state index contributed by atoms with van der Waals surface area (Å²) in [5.74, 6) is 0.711. The highest BCUT2D eigenvalue weighted by Gasteiger charge is 2.61. The van der Waals surface area contributed by atoms with Gasteiger partial charge in [-0.25, -0.2) is 0 Å². The van der Waals surface area contributed by atoms with E-state index < -0.39 is 17.5 Å². The molecule has 0 radical (unpaired) electrons. The first-order valence-corrected chi connectivity index (χ1v) is 12.3. The van der Waals surface area contributed by atoms with Crippen molar-refractivity contribution in [3.8, 4) is 23.0 Å². The Kier molecular flexibility index (Phi) is 5.82. The zero-order valence-electron chi connectivity index (χ0n) is 20.3. The molecule has 1 heterocycles. The lowest BCUT2D eigenvalue weighted by atomic mass is 9.60. The quantitative estimate of drug-likeness (QED) is 0.432. The van der Waals surface area contributed by atoms with Crippen LogP contribution in [0.25, 0.3) is 0 Å². The molecule has 7 nitrogen and oxygen atoms in total. The van der Waals surface area contributed by atoms with E-state index in [-0.39, 0.29) is 17.3 Å². The molecule has 1 aliphatic heterocycles. The predicted molar refractivity (Wildman–Crippen MR) is 127 cm³/mol. The highest BCUT2D eigenvalue weighted by Crippen LogP contribution is 2.65. The van der Waals surface area contributed by atoms with Gasteiger partial charge in [-0.15, -0.1) is 0 Å². The molecule has 0 saturated heterocycles. The first-order chi connectivity index (χ1) is 16.7. The van der Waals surface area contributed by atoms with Gasteiger partial charge >= 0.3 is 17.9 Å². The summed E-state index contributed by atoms with van der Waals surface area (Å²) in [6.07, 6.45) is 7.12. The van der Waals surface area contributed by atoms with Crippen molar-refractivity contribution in [2.45, 2.75) is 76.7 Å². The predicted octanol–water partition coefficient (Wildman–Crippen LogP) is 5.36. The molecule has 3 aliphatic rings. The summed E-state index contributed by atoms with van der Waals surface area (Å²) in [6, 6.07) is 10.9. The van der Waals surface area contributed by atoms with Crippen LogP contribution in [0, 0.1) is 5.92 Å². The number of carbonyl (C=O) groups excluding carboxylic acids is 3. The lowest BCUT2D eigenvalue weighted by Gasteiger charge is -2.51. The lowest BCUT2D eigenvalue weighted by Crippen LogP contribution is -2.51. The number of benzene rings is 2. The van der Waals surface area contributed by atoms with Crippen molar-refractivity contribution >= 4 is 17.9 Å². The Hall–Kier alpha value is -3.35. The van der Waals surface area contributed by atoms with Gasteiger partial charge in [0.1, 0.15) is 28.6 Å². The van der Waals surface area contributed by atoms with E-state index in [2.05, 4.69) is 6.07 Å². The van der Waals surface area contributed by atoms with E-state index in [1.807, 2.05) is 18.2 Å². The van der Waals surface area contributed by atoms with Crippen LogP contribution < -0.4 is 18.9 Å². The first kappa shape index (κ1) is 23.4. The molecule has 7 heteroatoms. The molecule has 184 valence electrons. The lowest BCUT2D eigenvalue weighted by molar-refractivity contribution is -0.133. The zero-order chi connectivity index (χ0) is 24.8. The summed E-state index contributed by atoms with van der Waals surface area (Å²) in [7, 11) is 0. The molecule has 2 atom stereocenters. The minimum absolute atomic E-state index is 0.0686. The number of esters is 3. The highest BCUT2D eigenvalue weighted by atomic mass is 16.6. The standard InChI is InChI=1S/C28H30O7/c1-17(29)32-20-9-11-23(24(15-20)34-19(3)31)28-14-6-7-26(28)27(12-4-5-13-27)22-10-8-21(33-18(2)30)16-25(22)35-28/h8-11,15-16,26H,4-7,12-14H2,1-3H3/t26-,28+/m0/s1. The smallest absolute Gasteiger partial charge is 0.308 e. The Balaban J connectivity index is 1.68. The first-order valence-electron chi connectivity index (χ1n) is 12.3. The van der Waals surface area contributed by atoms with Crippen molar-refractivity contribution in [2.24, 2.45) is 5.92 Å². The second kappa shape index (κ2) is 8.70. The number of ether oxygens (including phenoxy) is 4. The van der Waals surface area contributed by atoms with Gasteiger partial charge in [0, 0.05) is 55.4 Å². The van der Waals surface area contributed by atoms with E-state index in [0.717, 1.165) is 50.5 Å². The Morgan fingerprint density at radius 1 is 0.771 bits per heavy atom. The van der Waals surface area contributed by atoms with Gasteiger partial charge < -0.3 is 18.9 Å². The molecule has 5 rings (SSSR count). The van der Waals surface area contributed by atoms with Gasteiger partial charge in [-0.2, -0.15) is 0 Å². The minimum atomic E-state index is -0.717. The monoisotopic (exact) mass is 478 g/mol. The molecule has 2 aromatic carbocycles. The summed E-state index contributed by atoms with van der Waals surface area (Å²) in [5, 5.41) is 0. The molecule has 0 N–H and O–H groups in total. The summed E-state index contributed by atoms with van der Waals surface area (Å²) in [6.45, 7) is 4.06. The molecule has 1 spiro atoms. The average molecular weight is 479 g/mol. The number of hydrogen-bond acceptors (Lipinski definition) is 7. The fourth-order valence-electron chi connectivity index (χ4n) is 6.75. The summed E-state index contributed by atoms with van der Waals surface area (Å²) in [5.41, 5.74) is 1.16. The average Bonchev–Trinajstić information content (AvgIpc) is 3.41. The SMILES string of the molecule is CC(=O)Oc1ccc2c(c1)O[C@@]1(c3ccc(OC(C)=O)cc3OC(C)=O)CCC[C@H]1C21CCCC1. The third-order valence-electron chi connectivity index (χ3n) is 7.73. The topological polar surface area (TPSA) is 88.1 Å². The van der Waals surface area contributed by atoms with Crippen LogP contribution in [0.4, 0.5) is 0 Å². The van der Waals surface area contributed by atoms with Crippen molar-refractivity contribution in [3.05, 3.63) is 47.5 Å². The van der Waals surface area contributed by atoms with E-state index in [9.17, 15) is 14.4 Å². The van der Waals surface area contributed by atoms with Crippen LogP contribution in [0.2, 0.25) is 0 Å². The van der Waals surface area contributed by atoms with Gasteiger partial charge in [-0.3, -0.25) is 14.4 Å². The van der Waals surface area contributed by atoms with Crippen LogP contribution in [-0.2, 0) is 25.4 Å². The number of fused-ring (bicyclic) bond motifs is 4. The Bertz CT molecular complexity index is 1190. The molecule has 2 saturated carbocycles. The summed E-state index contributed by atoms with van der Waals surface area (Å²) in [4.78, 5) is 35.2. The van der Waals surface area contributed by atoms with Gasteiger partial charge in [0.05, 0.1) is 0 Å². The van der Waals surface area contributed by atoms with Crippen molar-refractivity contribution < 1.29 is 33.3 Å². The molecule has 2 fully saturated rings. The van der Waals surface area contributed by atoms with Crippen molar-refractivity contribution in [2.75, 3.05) is 0 Å². The van der Waals surface area contributed by atoms with Crippen LogP contribution in [-0.4, -0.2) is 17.9 Å². The molecule has 2 aliphatic carbocycles. The van der Waals surface area contributed by atoms with E-state index in [1.54, 1.807) is 12.1 Å². The molecule has 2 aromatic rings. The third kappa shape index (κ3) is 3.97. The molecule has 0 unspecified atom stereocenters. The van der Waals surface area contributed by atoms with Crippen LogP contribution >= 0.6 is 0 Å². The Morgan fingerprint density at radius 2 is 1.37 bits per heavy atom. The van der Waals surface area contributed by atoms with Crippen LogP contribution in [0.3, 0.4) is 0 Å². The minimum Gasteiger partial charge on any atom is -0.482 e. The van der Waals surface area contributed by atoms with Crippen LogP contribution in [0.5, 0.6) is 23.0 Å². The zero-order valence-corrected chi connectivity index (χ0v) is 20.3. The maximum absolute atomic E-state index is 12.0. The molecule has 35 heavy (non-hydrogen) atoms. The highest BCUT2D eigenvalue weighted by molar-refractivity contribution is 5.72. The van der Waals surface area contributed by atoms with Gasteiger partial charge in [0.2, 0.25) is 0 Å². The van der Waals surface area contributed by atoms with Crippen LogP contribution in [0.1, 0.15) is 76.8 Å².